The molecule has 1 N–H and O–H groups in total. The molecule has 0 saturated carbocycles. The molecule has 2 amide bonds. The second-order valence-corrected chi connectivity index (χ2v) is 2.94. The number of amides is 2. The van der Waals surface area contributed by atoms with E-state index in [0.717, 1.165) is 12.5 Å². The summed E-state index contributed by atoms with van der Waals surface area (Å²) in [5, 5.41) is 11.1. The zero-order chi connectivity index (χ0) is 10.6. The summed E-state index contributed by atoms with van der Waals surface area (Å²) in [5.74, 6) is -0.544. The number of carbonyl (C=O) groups excluding carboxylic acids is 2. The SMILES string of the molecule is C=CC(=O)NC(C#N)N1CCCC1=O. The summed E-state index contributed by atoms with van der Waals surface area (Å²) in [4.78, 5) is 23.5. The van der Waals surface area contributed by atoms with Crippen LogP contribution in [-0.4, -0.2) is 29.4 Å². The Morgan fingerprint density at radius 2 is 2.50 bits per heavy atom. The molecule has 1 aliphatic rings. The van der Waals surface area contributed by atoms with Crippen molar-refractivity contribution in [2.75, 3.05) is 6.54 Å². The maximum absolute atomic E-state index is 11.2. The van der Waals surface area contributed by atoms with Crippen molar-refractivity contribution in [3.8, 4) is 6.07 Å². The van der Waals surface area contributed by atoms with E-state index in [1.807, 2.05) is 6.07 Å². The van der Waals surface area contributed by atoms with Gasteiger partial charge in [-0.1, -0.05) is 6.58 Å². The number of nitriles is 1. The van der Waals surface area contributed by atoms with Gasteiger partial charge in [-0.2, -0.15) is 5.26 Å². The zero-order valence-corrected chi connectivity index (χ0v) is 7.69. The highest BCUT2D eigenvalue weighted by Crippen LogP contribution is 2.11. The van der Waals surface area contributed by atoms with Crippen molar-refractivity contribution in [2.24, 2.45) is 0 Å². The molecule has 1 atom stereocenters. The molecule has 5 nitrogen and oxygen atoms in total. The molecular formula is C9H11N3O2. The predicted molar refractivity (Wildman–Crippen MR) is 48.7 cm³/mol. The summed E-state index contributed by atoms with van der Waals surface area (Å²) in [6.07, 6.45) is 1.39. The molecule has 5 heteroatoms. The third kappa shape index (κ3) is 2.10. The minimum absolute atomic E-state index is 0.0964. The first-order valence-corrected chi connectivity index (χ1v) is 4.31. The van der Waals surface area contributed by atoms with Crippen molar-refractivity contribution >= 4 is 11.8 Å². The second kappa shape index (κ2) is 4.42. The number of hydrogen-bond donors (Lipinski definition) is 1. The molecule has 0 aromatic carbocycles. The van der Waals surface area contributed by atoms with Gasteiger partial charge in [0.05, 0.1) is 0 Å². The van der Waals surface area contributed by atoms with Crippen LogP contribution in [-0.2, 0) is 9.59 Å². The van der Waals surface area contributed by atoms with Crippen LogP contribution in [0.1, 0.15) is 12.8 Å². The Bertz CT molecular complexity index is 306. The third-order valence-electron chi connectivity index (χ3n) is 2.01. The first kappa shape index (κ1) is 10.3. The molecule has 1 unspecified atom stereocenters. The number of carbonyl (C=O) groups is 2. The van der Waals surface area contributed by atoms with Crippen LogP contribution in [0.4, 0.5) is 0 Å². The van der Waals surface area contributed by atoms with Crippen LogP contribution < -0.4 is 5.32 Å². The summed E-state index contributed by atoms with van der Waals surface area (Å²) in [5.41, 5.74) is 0. The molecule has 0 aliphatic carbocycles. The summed E-state index contributed by atoms with van der Waals surface area (Å²) in [7, 11) is 0. The van der Waals surface area contributed by atoms with Gasteiger partial charge in [-0.15, -0.1) is 0 Å². The van der Waals surface area contributed by atoms with E-state index in [1.54, 1.807) is 0 Å². The van der Waals surface area contributed by atoms with E-state index in [-0.39, 0.29) is 5.91 Å². The molecule has 0 aromatic heterocycles. The van der Waals surface area contributed by atoms with Gasteiger partial charge in [0, 0.05) is 13.0 Å². The average Bonchev–Trinajstić information content (AvgIpc) is 2.60. The monoisotopic (exact) mass is 193 g/mol. The first-order valence-electron chi connectivity index (χ1n) is 4.31. The van der Waals surface area contributed by atoms with E-state index in [4.69, 9.17) is 5.26 Å². The van der Waals surface area contributed by atoms with Gasteiger partial charge >= 0.3 is 0 Å². The largest absolute Gasteiger partial charge is 0.320 e. The van der Waals surface area contributed by atoms with Crippen molar-refractivity contribution in [1.29, 1.82) is 5.26 Å². The standard InChI is InChI=1S/C9H11N3O2/c1-2-8(13)11-7(6-10)12-5-3-4-9(12)14/h2,7H,1,3-5H2,(H,11,13). The molecule has 0 aromatic rings. The summed E-state index contributed by atoms with van der Waals surface area (Å²) < 4.78 is 0. The molecule has 1 rings (SSSR count). The van der Waals surface area contributed by atoms with Crippen molar-refractivity contribution in [3.05, 3.63) is 12.7 Å². The molecule has 0 spiro atoms. The number of hydrogen-bond acceptors (Lipinski definition) is 3. The number of nitrogens with one attached hydrogen (secondary N) is 1. The fourth-order valence-corrected chi connectivity index (χ4v) is 1.32. The lowest BCUT2D eigenvalue weighted by Gasteiger charge is -2.21. The van der Waals surface area contributed by atoms with E-state index in [9.17, 15) is 9.59 Å². The van der Waals surface area contributed by atoms with Crippen molar-refractivity contribution in [1.82, 2.24) is 10.2 Å². The van der Waals surface area contributed by atoms with E-state index in [2.05, 4.69) is 11.9 Å². The van der Waals surface area contributed by atoms with Crippen LogP contribution in [0.15, 0.2) is 12.7 Å². The van der Waals surface area contributed by atoms with Gasteiger partial charge in [0.2, 0.25) is 11.8 Å². The highest BCUT2D eigenvalue weighted by molar-refractivity contribution is 5.88. The Labute approximate surface area is 82.0 Å². The van der Waals surface area contributed by atoms with Crippen LogP contribution in [0.2, 0.25) is 0 Å². The lowest BCUT2D eigenvalue weighted by Crippen LogP contribution is -2.47. The van der Waals surface area contributed by atoms with Gasteiger partial charge in [-0.25, -0.2) is 0 Å². The fraction of sp³-hybridized carbons (Fsp3) is 0.444. The normalized spacial score (nSPS) is 17.4. The fourth-order valence-electron chi connectivity index (χ4n) is 1.32. The molecule has 1 aliphatic heterocycles. The second-order valence-electron chi connectivity index (χ2n) is 2.94. The Morgan fingerprint density at radius 1 is 1.79 bits per heavy atom. The van der Waals surface area contributed by atoms with Gasteiger partial charge in [0.15, 0.2) is 6.17 Å². The molecule has 1 heterocycles. The summed E-state index contributed by atoms with van der Waals surface area (Å²) in [6, 6.07) is 1.87. The summed E-state index contributed by atoms with van der Waals surface area (Å²) >= 11 is 0. The van der Waals surface area contributed by atoms with Crippen LogP contribution in [0, 0.1) is 11.3 Å². The lowest BCUT2D eigenvalue weighted by molar-refractivity contribution is -0.130. The van der Waals surface area contributed by atoms with Crippen molar-refractivity contribution in [3.63, 3.8) is 0 Å². The number of nitrogens with zero attached hydrogens (tertiary/aromatic N) is 2. The highest BCUT2D eigenvalue weighted by atomic mass is 16.2. The van der Waals surface area contributed by atoms with Crippen LogP contribution in [0.3, 0.4) is 0 Å². The molecular weight excluding hydrogens is 182 g/mol. The maximum atomic E-state index is 11.2. The molecule has 0 bridgehead atoms. The Balaban J connectivity index is 2.62. The zero-order valence-electron chi connectivity index (χ0n) is 7.69. The van der Waals surface area contributed by atoms with Gasteiger partial charge in [-0.3, -0.25) is 9.59 Å². The molecule has 74 valence electrons. The lowest BCUT2D eigenvalue weighted by atomic mass is 10.4. The quantitative estimate of drug-likeness (QED) is 0.629. The van der Waals surface area contributed by atoms with Gasteiger partial charge in [-0.05, 0) is 12.5 Å². The topological polar surface area (TPSA) is 73.2 Å². The predicted octanol–water partition coefficient (Wildman–Crippen LogP) is -0.239. The van der Waals surface area contributed by atoms with E-state index in [1.165, 1.54) is 4.90 Å². The molecule has 1 fully saturated rings. The van der Waals surface area contributed by atoms with E-state index in [0.29, 0.717) is 13.0 Å². The smallest absolute Gasteiger partial charge is 0.245 e. The first-order chi connectivity index (χ1) is 6.69. The number of rotatable bonds is 3. The minimum atomic E-state index is -0.865. The van der Waals surface area contributed by atoms with Crippen LogP contribution in [0.25, 0.3) is 0 Å². The minimum Gasteiger partial charge on any atom is -0.320 e. The van der Waals surface area contributed by atoms with Crippen LogP contribution >= 0.6 is 0 Å². The van der Waals surface area contributed by atoms with Gasteiger partial charge in [0.1, 0.15) is 6.07 Å². The molecule has 14 heavy (non-hydrogen) atoms. The maximum Gasteiger partial charge on any atom is 0.245 e. The Morgan fingerprint density at radius 3 is 2.93 bits per heavy atom. The average molecular weight is 193 g/mol. The number of likely N-dealkylation sites (tertiary alicyclic amines) is 1. The molecule has 1 saturated heterocycles. The van der Waals surface area contributed by atoms with Crippen molar-refractivity contribution in [2.45, 2.75) is 19.0 Å². The summed E-state index contributed by atoms with van der Waals surface area (Å²) in [6.45, 7) is 3.79. The van der Waals surface area contributed by atoms with E-state index >= 15 is 0 Å². The highest BCUT2D eigenvalue weighted by Gasteiger charge is 2.28. The van der Waals surface area contributed by atoms with Crippen molar-refractivity contribution < 1.29 is 9.59 Å². The Hall–Kier alpha value is -1.83. The third-order valence-corrected chi connectivity index (χ3v) is 2.01. The molecule has 0 radical (unpaired) electrons. The Kier molecular flexibility index (Phi) is 3.24. The van der Waals surface area contributed by atoms with Gasteiger partial charge < -0.3 is 10.2 Å². The van der Waals surface area contributed by atoms with E-state index < -0.39 is 12.1 Å². The van der Waals surface area contributed by atoms with Gasteiger partial charge in [0.25, 0.3) is 0 Å². The van der Waals surface area contributed by atoms with Crippen LogP contribution in [0.5, 0.6) is 0 Å².